The molecule has 192 valence electrons. The third-order valence-electron chi connectivity index (χ3n) is 4.11. The van der Waals surface area contributed by atoms with Crippen molar-refractivity contribution in [2.45, 2.75) is 23.4 Å². The highest BCUT2D eigenvalue weighted by atomic mass is 32.2. The van der Waals surface area contributed by atoms with Crippen molar-refractivity contribution in [3.8, 4) is 0 Å². The third-order valence-corrected chi connectivity index (χ3v) is 6.96. The van der Waals surface area contributed by atoms with E-state index in [0.717, 1.165) is 4.90 Å². The van der Waals surface area contributed by atoms with Gasteiger partial charge in [0.15, 0.2) is 0 Å². The molecule has 0 saturated carbocycles. The first-order valence-corrected chi connectivity index (χ1v) is 11.4. The number of nitrogens with zero attached hydrogens (tertiary/aromatic N) is 2. The number of sulfonamides is 1. The fraction of sp³-hybridized carbons (Fsp3) is 0.714. The monoisotopic (exact) mass is 536 g/mol. The van der Waals surface area contributed by atoms with Crippen molar-refractivity contribution < 1.29 is 66.8 Å². The standard InChI is InChI=1S/C14H18F6N2O9S2/c1-9(2)10(23)30-7-8-31-11(24)21-3-5-22(6-4-21)32(25,26)13(17,18)12(15,16)14(19,20)33(27,28)29/h1,3-8H2,2H3,(H,27,28,29). The minimum absolute atomic E-state index is 0.0652. The Bertz CT molecular complexity index is 993. The lowest BCUT2D eigenvalue weighted by Crippen LogP contribution is -2.64. The number of hydrogen-bond donors (Lipinski definition) is 1. The molecular formula is C14H18F6N2O9S2. The largest absolute Gasteiger partial charge is 0.459 e. The molecule has 0 bridgehead atoms. The van der Waals surface area contributed by atoms with Gasteiger partial charge in [0.1, 0.15) is 13.2 Å². The van der Waals surface area contributed by atoms with E-state index in [4.69, 9.17) is 4.55 Å². The first-order chi connectivity index (χ1) is 14.7. The van der Waals surface area contributed by atoms with E-state index in [1.807, 2.05) is 0 Å². The van der Waals surface area contributed by atoms with Gasteiger partial charge in [-0.3, -0.25) is 4.55 Å². The van der Waals surface area contributed by atoms with Crippen LogP contribution >= 0.6 is 0 Å². The minimum atomic E-state index is -7.13. The number of piperazine rings is 1. The third kappa shape index (κ3) is 5.52. The van der Waals surface area contributed by atoms with Gasteiger partial charge in [0, 0.05) is 31.8 Å². The zero-order chi connectivity index (χ0) is 26.0. The predicted octanol–water partition coefficient (Wildman–Crippen LogP) is 0.898. The Hall–Kier alpha value is -2.12. The first kappa shape index (κ1) is 28.9. The van der Waals surface area contributed by atoms with Crippen molar-refractivity contribution in [2.75, 3.05) is 39.4 Å². The first-order valence-electron chi connectivity index (χ1n) is 8.56. The van der Waals surface area contributed by atoms with Crippen LogP contribution in [0.25, 0.3) is 0 Å². The fourth-order valence-corrected chi connectivity index (χ4v) is 4.18. The Labute approximate surface area is 183 Å². The molecule has 11 nitrogen and oxygen atoms in total. The van der Waals surface area contributed by atoms with Gasteiger partial charge in [0.05, 0.1) is 0 Å². The molecule has 1 saturated heterocycles. The van der Waals surface area contributed by atoms with E-state index in [0.29, 0.717) is 0 Å². The summed E-state index contributed by atoms with van der Waals surface area (Å²) in [5, 5.41) is -13.5. The summed E-state index contributed by atoms with van der Waals surface area (Å²) < 4.78 is 144. The van der Waals surface area contributed by atoms with E-state index >= 15 is 0 Å². The SMILES string of the molecule is C=C(C)C(=O)OCCOC(=O)N1CCN(S(=O)(=O)C(F)(F)C(F)(F)C(F)(F)S(=O)(=O)O)CC1. The second-order valence-electron chi connectivity index (χ2n) is 6.50. The molecule has 1 heterocycles. The van der Waals surface area contributed by atoms with E-state index in [-0.39, 0.29) is 16.5 Å². The Morgan fingerprint density at radius 3 is 1.79 bits per heavy atom. The van der Waals surface area contributed by atoms with Crippen LogP contribution in [0.3, 0.4) is 0 Å². The summed E-state index contributed by atoms with van der Waals surface area (Å²) in [6.45, 7) is 0.300. The van der Waals surface area contributed by atoms with Crippen LogP contribution < -0.4 is 0 Å². The molecule has 1 rings (SSSR count). The van der Waals surface area contributed by atoms with E-state index < -0.39 is 81.4 Å². The van der Waals surface area contributed by atoms with E-state index in [1.54, 1.807) is 0 Å². The van der Waals surface area contributed by atoms with Crippen LogP contribution in [0.15, 0.2) is 12.2 Å². The van der Waals surface area contributed by atoms with E-state index in [1.165, 1.54) is 6.92 Å². The second-order valence-corrected chi connectivity index (χ2v) is 9.95. The number of carbonyl (C=O) groups is 2. The Kier molecular flexibility index (Phi) is 8.43. The smallest absolute Gasteiger partial charge is 0.439 e. The zero-order valence-electron chi connectivity index (χ0n) is 16.6. The number of rotatable bonds is 9. The van der Waals surface area contributed by atoms with Crippen molar-refractivity contribution in [3.05, 3.63) is 12.2 Å². The summed E-state index contributed by atoms with van der Waals surface area (Å²) in [6, 6.07) is 0. The molecule has 1 fully saturated rings. The molecule has 0 aromatic heterocycles. The quantitative estimate of drug-likeness (QED) is 0.149. The molecule has 0 aliphatic carbocycles. The van der Waals surface area contributed by atoms with Gasteiger partial charge in [0.2, 0.25) is 0 Å². The Morgan fingerprint density at radius 1 is 0.909 bits per heavy atom. The number of amides is 1. The second kappa shape index (κ2) is 9.63. The summed E-state index contributed by atoms with van der Waals surface area (Å²) in [5.41, 5.74) is 0.0652. The van der Waals surface area contributed by atoms with Crippen molar-refractivity contribution in [1.29, 1.82) is 0 Å². The molecule has 1 aliphatic rings. The molecule has 0 aromatic rings. The molecule has 19 heteroatoms. The van der Waals surface area contributed by atoms with Gasteiger partial charge in [0.25, 0.3) is 10.0 Å². The van der Waals surface area contributed by atoms with Gasteiger partial charge in [-0.25, -0.2) is 18.0 Å². The highest BCUT2D eigenvalue weighted by Crippen LogP contribution is 2.51. The molecule has 0 spiro atoms. The lowest BCUT2D eigenvalue weighted by Gasteiger charge is -2.37. The van der Waals surface area contributed by atoms with Crippen molar-refractivity contribution in [3.63, 3.8) is 0 Å². The number of hydrogen-bond acceptors (Lipinski definition) is 8. The van der Waals surface area contributed by atoms with Crippen LogP contribution in [0, 0.1) is 0 Å². The summed E-state index contributed by atoms with van der Waals surface area (Å²) >= 11 is 0. The van der Waals surface area contributed by atoms with Gasteiger partial charge in [-0.15, -0.1) is 0 Å². The number of alkyl halides is 6. The molecular weight excluding hydrogens is 518 g/mol. The van der Waals surface area contributed by atoms with Gasteiger partial charge >= 0.3 is 38.6 Å². The van der Waals surface area contributed by atoms with Crippen LogP contribution in [0.1, 0.15) is 6.92 Å². The number of esters is 1. The maximum absolute atomic E-state index is 14.0. The fourth-order valence-electron chi connectivity index (χ4n) is 2.24. The lowest BCUT2D eigenvalue weighted by molar-refractivity contribution is -0.247. The van der Waals surface area contributed by atoms with Crippen molar-refractivity contribution in [1.82, 2.24) is 9.21 Å². The zero-order valence-corrected chi connectivity index (χ0v) is 18.3. The maximum Gasteiger partial charge on any atom is 0.439 e. The molecule has 1 aliphatic heterocycles. The Balaban J connectivity index is 2.83. The van der Waals surface area contributed by atoms with Crippen LogP contribution in [0.4, 0.5) is 31.1 Å². The minimum Gasteiger partial charge on any atom is -0.459 e. The van der Waals surface area contributed by atoms with Gasteiger partial charge in [-0.2, -0.15) is 39.1 Å². The number of ether oxygens (including phenoxy) is 2. The average Bonchev–Trinajstić information content (AvgIpc) is 2.69. The summed E-state index contributed by atoms with van der Waals surface area (Å²) in [5.74, 6) is -7.83. The van der Waals surface area contributed by atoms with Crippen LogP contribution in [-0.2, 0) is 34.4 Å². The topological polar surface area (TPSA) is 148 Å². The average molecular weight is 536 g/mol. The predicted molar refractivity (Wildman–Crippen MR) is 95.6 cm³/mol. The summed E-state index contributed by atoms with van der Waals surface area (Å²) in [6.07, 6.45) is -1.12. The van der Waals surface area contributed by atoms with Gasteiger partial charge < -0.3 is 14.4 Å². The molecule has 0 aromatic carbocycles. The van der Waals surface area contributed by atoms with E-state index in [9.17, 15) is 52.8 Å². The summed E-state index contributed by atoms with van der Waals surface area (Å²) in [4.78, 5) is 23.8. The molecule has 1 N–H and O–H groups in total. The molecule has 33 heavy (non-hydrogen) atoms. The molecule has 1 amide bonds. The maximum atomic E-state index is 14.0. The lowest BCUT2D eigenvalue weighted by atomic mass is 10.3. The Morgan fingerprint density at radius 2 is 1.36 bits per heavy atom. The highest BCUT2D eigenvalue weighted by molar-refractivity contribution is 7.90. The van der Waals surface area contributed by atoms with E-state index in [2.05, 4.69) is 16.1 Å². The van der Waals surface area contributed by atoms with Gasteiger partial charge in [-0.1, -0.05) is 6.58 Å². The molecule has 0 radical (unpaired) electrons. The van der Waals surface area contributed by atoms with Crippen molar-refractivity contribution in [2.24, 2.45) is 0 Å². The van der Waals surface area contributed by atoms with Crippen molar-refractivity contribution >= 4 is 32.2 Å². The number of halogens is 6. The molecule has 0 unspecified atom stereocenters. The van der Waals surface area contributed by atoms with Crippen LogP contribution in [0.5, 0.6) is 0 Å². The normalized spacial score (nSPS) is 16.9. The highest BCUT2D eigenvalue weighted by Gasteiger charge is 2.82. The van der Waals surface area contributed by atoms with Gasteiger partial charge in [-0.05, 0) is 6.92 Å². The number of carbonyl (C=O) groups excluding carboxylic acids is 2. The van der Waals surface area contributed by atoms with Crippen LogP contribution in [-0.4, -0.2) is 98.5 Å². The summed E-state index contributed by atoms with van der Waals surface area (Å²) in [7, 11) is -13.7. The molecule has 0 atom stereocenters. The van der Waals surface area contributed by atoms with Crippen LogP contribution in [0.2, 0.25) is 0 Å².